The number of aliphatic carboxylic acids is 1. The van der Waals surface area contributed by atoms with Crippen LogP contribution in [0.2, 0.25) is 0 Å². The number of para-hydroxylation sites is 1. The molecule has 6 heteroatoms. The number of aromatic carboxylic acids is 1. The molecule has 1 aliphatic carbocycles. The highest BCUT2D eigenvalue weighted by molar-refractivity contribution is 5.88. The van der Waals surface area contributed by atoms with Crippen LogP contribution in [0.3, 0.4) is 0 Å². The summed E-state index contributed by atoms with van der Waals surface area (Å²) in [5.41, 5.74) is 7.60. The Kier molecular flexibility index (Phi) is 11.4. The molecule has 2 N–H and O–H groups in total. The Labute approximate surface area is 266 Å². The van der Waals surface area contributed by atoms with Crippen molar-refractivity contribution in [2.45, 2.75) is 70.4 Å². The molecule has 0 radical (unpaired) electrons. The van der Waals surface area contributed by atoms with E-state index >= 15 is 0 Å². The van der Waals surface area contributed by atoms with Gasteiger partial charge in [0, 0.05) is 19.0 Å². The number of fused-ring (bicyclic) bond motifs is 1. The van der Waals surface area contributed by atoms with Crippen LogP contribution in [0.15, 0.2) is 97.1 Å². The molecule has 0 fully saturated rings. The summed E-state index contributed by atoms with van der Waals surface area (Å²) in [4.78, 5) is 25.2. The lowest BCUT2D eigenvalue weighted by molar-refractivity contribution is -0.137. The minimum absolute atomic E-state index is 0.167. The Balaban J connectivity index is 1.28. The van der Waals surface area contributed by atoms with E-state index in [1.165, 1.54) is 22.3 Å². The van der Waals surface area contributed by atoms with E-state index in [0.29, 0.717) is 18.6 Å². The van der Waals surface area contributed by atoms with Crippen LogP contribution in [0, 0.1) is 0 Å². The van der Waals surface area contributed by atoms with Crippen LogP contribution >= 0.6 is 0 Å². The van der Waals surface area contributed by atoms with Gasteiger partial charge in [-0.2, -0.15) is 0 Å². The topological polar surface area (TPSA) is 87.1 Å². The Morgan fingerprint density at radius 3 is 2.27 bits per heavy atom. The number of unbranched alkanes of at least 4 members (excludes halogenated alkanes) is 1. The van der Waals surface area contributed by atoms with Gasteiger partial charge in [-0.25, -0.2) is 4.79 Å². The molecule has 0 heterocycles. The van der Waals surface area contributed by atoms with Crippen molar-refractivity contribution >= 4 is 11.9 Å². The monoisotopic (exact) mass is 605 g/mol. The van der Waals surface area contributed by atoms with Gasteiger partial charge in [0.1, 0.15) is 12.4 Å². The second kappa shape index (κ2) is 16.1. The minimum atomic E-state index is -0.902. The van der Waals surface area contributed by atoms with Gasteiger partial charge in [0.2, 0.25) is 0 Å². The average molecular weight is 606 g/mol. The normalized spacial score (nSPS) is 14.2. The van der Waals surface area contributed by atoms with E-state index in [0.717, 1.165) is 74.9 Å². The van der Waals surface area contributed by atoms with Crippen molar-refractivity contribution < 1.29 is 24.5 Å². The fourth-order valence-electron chi connectivity index (χ4n) is 6.45. The number of carbonyl (C=O) groups is 2. The van der Waals surface area contributed by atoms with Crippen molar-refractivity contribution in [1.82, 2.24) is 4.90 Å². The van der Waals surface area contributed by atoms with Crippen LogP contribution in [-0.4, -0.2) is 40.1 Å². The highest BCUT2D eigenvalue weighted by Crippen LogP contribution is 2.36. The van der Waals surface area contributed by atoms with Gasteiger partial charge in [0.15, 0.2) is 0 Å². The first kappa shape index (κ1) is 32.0. The second-order valence-electron chi connectivity index (χ2n) is 11.9. The molecule has 1 aliphatic rings. The number of hydrogen-bond acceptors (Lipinski definition) is 4. The van der Waals surface area contributed by atoms with Crippen LogP contribution in [0.1, 0.15) is 81.9 Å². The molecular formula is C39H43NO5. The summed E-state index contributed by atoms with van der Waals surface area (Å²) in [6.07, 6.45) is 7.20. The molecule has 0 amide bonds. The number of carboxylic acid groups (broad SMARTS) is 2. The molecule has 0 aromatic heterocycles. The van der Waals surface area contributed by atoms with Gasteiger partial charge in [-0.05, 0) is 109 Å². The predicted molar refractivity (Wildman–Crippen MR) is 177 cm³/mol. The largest absolute Gasteiger partial charge is 0.489 e. The summed E-state index contributed by atoms with van der Waals surface area (Å²) in [5.74, 6) is -0.782. The molecule has 4 aromatic carbocycles. The lowest BCUT2D eigenvalue weighted by Crippen LogP contribution is -2.34. The Hall–Kier alpha value is -4.42. The van der Waals surface area contributed by atoms with E-state index in [1.54, 1.807) is 6.07 Å². The summed E-state index contributed by atoms with van der Waals surface area (Å²) in [6.45, 7) is 2.09. The highest BCUT2D eigenvalue weighted by Gasteiger charge is 2.27. The molecule has 0 spiro atoms. The van der Waals surface area contributed by atoms with Crippen molar-refractivity contribution in [3.05, 3.63) is 136 Å². The number of ether oxygens (including phenoxy) is 1. The first-order valence-electron chi connectivity index (χ1n) is 16.1. The summed E-state index contributed by atoms with van der Waals surface area (Å²) in [7, 11) is 0. The van der Waals surface area contributed by atoms with E-state index in [1.807, 2.05) is 30.3 Å². The third-order valence-electron chi connectivity index (χ3n) is 8.87. The zero-order valence-electron chi connectivity index (χ0n) is 25.9. The molecule has 0 aliphatic heterocycles. The SMILES string of the molecule is O=C(O)CCCCN(CCc1ccccc1OCc1ccccc1CCc1ccccc1)C1CCCc2cc(C(=O)O)ccc21. The van der Waals surface area contributed by atoms with Gasteiger partial charge in [-0.3, -0.25) is 9.69 Å². The number of carboxylic acids is 2. The van der Waals surface area contributed by atoms with Gasteiger partial charge < -0.3 is 14.9 Å². The maximum atomic E-state index is 11.6. The summed E-state index contributed by atoms with van der Waals surface area (Å²) in [5, 5.41) is 18.7. The van der Waals surface area contributed by atoms with Gasteiger partial charge in [0.05, 0.1) is 5.56 Å². The van der Waals surface area contributed by atoms with E-state index in [9.17, 15) is 14.7 Å². The van der Waals surface area contributed by atoms with Crippen molar-refractivity contribution in [3.63, 3.8) is 0 Å². The summed E-state index contributed by atoms with van der Waals surface area (Å²) in [6, 6.07) is 33.0. The van der Waals surface area contributed by atoms with Crippen molar-refractivity contribution in [2.24, 2.45) is 0 Å². The molecule has 0 saturated heterocycles. The maximum absolute atomic E-state index is 11.6. The third-order valence-corrected chi connectivity index (χ3v) is 8.87. The maximum Gasteiger partial charge on any atom is 0.335 e. The number of nitrogens with zero attached hydrogens (tertiary/aromatic N) is 1. The Morgan fingerprint density at radius 1 is 0.756 bits per heavy atom. The van der Waals surface area contributed by atoms with Crippen LogP contribution < -0.4 is 4.74 Å². The fraction of sp³-hybridized carbons (Fsp3) is 0.333. The number of aryl methyl sites for hydroxylation is 3. The quantitative estimate of drug-likeness (QED) is 0.126. The first-order chi connectivity index (χ1) is 22.0. The Morgan fingerprint density at radius 2 is 1.49 bits per heavy atom. The fourth-order valence-corrected chi connectivity index (χ4v) is 6.45. The van der Waals surface area contributed by atoms with Gasteiger partial charge in [-0.1, -0.05) is 78.9 Å². The molecular weight excluding hydrogens is 562 g/mol. The molecule has 0 bridgehead atoms. The number of rotatable bonds is 16. The predicted octanol–water partition coefficient (Wildman–Crippen LogP) is 7.93. The van der Waals surface area contributed by atoms with Crippen LogP contribution in [0.4, 0.5) is 0 Å². The summed E-state index contributed by atoms with van der Waals surface area (Å²) < 4.78 is 6.47. The first-order valence-corrected chi connectivity index (χ1v) is 16.1. The van der Waals surface area contributed by atoms with Crippen molar-refractivity contribution in [2.75, 3.05) is 13.1 Å². The van der Waals surface area contributed by atoms with Gasteiger partial charge >= 0.3 is 11.9 Å². The third kappa shape index (κ3) is 9.05. The van der Waals surface area contributed by atoms with Crippen LogP contribution in [0.5, 0.6) is 5.75 Å². The van der Waals surface area contributed by atoms with Crippen molar-refractivity contribution in [1.29, 1.82) is 0 Å². The standard InChI is InChI=1S/C39H43NO5/c41-38(42)19-8-9-25-40(36-17-10-16-32-27-33(39(43)44)22-23-35(32)36)26-24-31-14-6-7-18-37(31)45-28-34-15-5-4-13-30(34)21-20-29-11-2-1-3-12-29/h1-7,11-15,18,22-23,27,36H,8-10,16-17,19-21,24-26,28H2,(H,41,42)(H,43,44). The van der Waals surface area contributed by atoms with Gasteiger partial charge in [0.25, 0.3) is 0 Å². The van der Waals surface area contributed by atoms with E-state index in [2.05, 4.69) is 65.6 Å². The van der Waals surface area contributed by atoms with Crippen LogP contribution in [-0.2, 0) is 37.1 Å². The molecule has 6 nitrogen and oxygen atoms in total. The average Bonchev–Trinajstić information content (AvgIpc) is 3.06. The smallest absolute Gasteiger partial charge is 0.335 e. The molecule has 4 aromatic rings. The van der Waals surface area contributed by atoms with E-state index in [4.69, 9.17) is 9.84 Å². The Bertz CT molecular complexity index is 1570. The zero-order valence-corrected chi connectivity index (χ0v) is 25.9. The molecule has 45 heavy (non-hydrogen) atoms. The summed E-state index contributed by atoms with van der Waals surface area (Å²) >= 11 is 0. The molecule has 1 atom stereocenters. The minimum Gasteiger partial charge on any atom is -0.489 e. The molecule has 0 saturated carbocycles. The highest BCUT2D eigenvalue weighted by atomic mass is 16.5. The molecule has 1 unspecified atom stereocenters. The molecule has 5 rings (SSSR count). The van der Waals surface area contributed by atoms with Crippen molar-refractivity contribution in [3.8, 4) is 5.75 Å². The van der Waals surface area contributed by atoms with E-state index in [-0.39, 0.29) is 12.5 Å². The zero-order chi connectivity index (χ0) is 31.4. The van der Waals surface area contributed by atoms with E-state index < -0.39 is 11.9 Å². The number of hydrogen-bond donors (Lipinski definition) is 2. The van der Waals surface area contributed by atoms with Gasteiger partial charge in [-0.15, -0.1) is 0 Å². The van der Waals surface area contributed by atoms with Crippen LogP contribution in [0.25, 0.3) is 0 Å². The lowest BCUT2D eigenvalue weighted by atomic mass is 9.85. The number of benzene rings is 4. The second-order valence-corrected chi connectivity index (χ2v) is 11.9. The lowest BCUT2D eigenvalue weighted by Gasteiger charge is -2.36. The molecule has 234 valence electrons.